The molecule has 0 fully saturated rings. The lowest BCUT2D eigenvalue weighted by atomic mass is 9.67. The minimum Gasteiger partial charge on any atom is -0.228 e. The standard InChI is InChI=1S/C64H44N2/c1-63(2)57-38-44(30-32-53(57)55-36-42-20-12-13-21-43(42)37-58(55)63)48-34-35-54(50-27-15-14-26-49(48)50)62-65-60(41-18-6-3-7-19-41)40-61(66-62)45-31-33-52-51-28-16-17-29-56(51)64(59(52)39-45,46-22-8-4-9-23-46)47-24-10-5-11-25-47/h3-40H,1-2H3. The summed E-state index contributed by atoms with van der Waals surface area (Å²) in [5.74, 6) is 0.702. The summed E-state index contributed by atoms with van der Waals surface area (Å²) < 4.78 is 0. The van der Waals surface area contributed by atoms with E-state index in [0.29, 0.717) is 5.82 Å². The Morgan fingerprint density at radius 2 is 0.788 bits per heavy atom. The molecule has 0 amide bonds. The molecule has 0 atom stereocenters. The number of aromatic nitrogens is 2. The summed E-state index contributed by atoms with van der Waals surface area (Å²) in [5, 5.41) is 4.86. The smallest absolute Gasteiger partial charge is 0.161 e. The van der Waals surface area contributed by atoms with Crippen molar-refractivity contribution < 1.29 is 0 Å². The fourth-order valence-electron chi connectivity index (χ4n) is 11.4. The number of hydrogen-bond acceptors (Lipinski definition) is 2. The van der Waals surface area contributed by atoms with Crippen LogP contribution in [-0.4, -0.2) is 9.97 Å². The molecular formula is C64H44N2. The number of fused-ring (bicyclic) bond motifs is 8. The Labute approximate surface area is 385 Å². The van der Waals surface area contributed by atoms with Crippen molar-refractivity contribution in [2.45, 2.75) is 24.7 Å². The van der Waals surface area contributed by atoms with Crippen molar-refractivity contribution in [2.75, 3.05) is 0 Å². The van der Waals surface area contributed by atoms with Crippen molar-refractivity contribution in [3.05, 3.63) is 264 Å². The van der Waals surface area contributed by atoms with Crippen molar-refractivity contribution in [3.8, 4) is 67.3 Å². The summed E-state index contributed by atoms with van der Waals surface area (Å²) in [7, 11) is 0. The van der Waals surface area contributed by atoms with E-state index in [2.05, 4.69) is 244 Å². The van der Waals surface area contributed by atoms with Crippen molar-refractivity contribution in [1.82, 2.24) is 9.97 Å². The third-order valence-corrected chi connectivity index (χ3v) is 14.6. The summed E-state index contributed by atoms with van der Waals surface area (Å²) in [5.41, 5.74) is 19.6. The molecule has 11 aromatic rings. The highest BCUT2D eigenvalue weighted by Crippen LogP contribution is 2.57. The van der Waals surface area contributed by atoms with E-state index in [1.165, 1.54) is 82.9 Å². The van der Waals surface area contributed by atoms with Gasteiger partial charge < -0.3 is 0 Å². The summed E-state index contributed by atoms with van der Waals surface area (Å²) in [6.07, 6.45) is 0. The molecule has 2 aliphatic carbocycles. The summed E-state index contributed by atoms with van der Waals surface area (Å²) >= 11 is 0. The molecule has 0 spiro atoms. The van der Waals surface area contributed by atoms with Crippen molar-refractivity contribution in [3.63, 3.8) is 0 Å². The van der Waals surface area contributed by atoms with Gasteiger partial charge >= 0.3 is 0 Å². The van der Waals surface area contributed by atoms with Crippen LogP contribution in [0.1, 0.15) is 47.2 Å². The third kappa shape index (κ3) is 5.68. The van der Waals surface area contributed by atoms with E-state index in [1.54, 1.807) is 0 Å². The molecule has 2 aliphatic rings. The normalized spacial score (nSPS) is 13.8. The topological polar surface area (TPSA) is 25.8 Å². The molecule has 0 aliphatic heterocycles. The molecular weight excluding hydrogens is 797 g/mol. The van der Waals surface area contributed by atoms with Gasteiger partial charge in [0.1, 0.15) is 0 Å². The monoisotopic (exact) mass is 840 g/mol. The average Bonchev–Trinajstić information content (AvgIpc) is 3.80. The van der Waals surface area contributed by atoms with Gasteiger partial charge in [0.2, 0.25) is 0 Å². The van der Waals surface area contributed by atoms with Gasteiger partial charge in [-0.05, 0) is 125 Å². The first-order valence-electron chi connectivity index (χ1n) is 23.0. The molecule has 0 unspecified atom stereocenters. The second-order valence-electron chi connectivity index (χ2n) is 18.5. The number of benzene rings is 10. The van der Waals surface area contributed by atoms with Crippen LogP contribution < -0.4 is 0 Å². The van der Waals surface area contributed by atoms with Crippen molar-refractivity contribution in [1.29, 1.82) is 0 Å². The molecule has 66 heavy (non-hydrogen) atoms. The van der Waals surface area contributed by atoms with Gasteiger partial charge in [0.25, 0.3) is 0 Å². The second-order valence-corrected chi connectivity index (χ2v) is 18.5. The predicted octanol–water partition coefficient (Wildman–Crippen LogP) is 16.1. The number of nitrogens with zero attached hydrogens (tertiary/aromatic N) is 2. The minimum atomic E-state index is -0.516. The average molecular weight is 841 g/mol. The zero-order valence-corrected chi connectivity index (χ0v) is 36.8. The maximum atomic E-state index is 5.52. The lowest BCUT2D eigenvalue weighted by Gasteiger charge is -2.34. The summed E-state index contributed by atoms with van der Waals surface area (Å²) in [4.78, 5) is 10.9. The molecule has 0 N–H and O–H groups in total. The Morgan fingerprint density at radius 1 is 0.303 bits per heavy atom. The van der Waals surface area contributed by atoms with E-state index in [9.17, 15) is 0 Å². The highest BCUT2D eigenvalue weighted by atomic mass is 14.9. The predicted molar refractivity (Wildman–Crippen MR) is 274 cm³/mol. The fraction of sp³-hybridized carbons (Fsp3) is 0.0625. The quantitative estimate of drug-likeness (QED) is 0.167. The van der Waals surface area contributed by atoms with Gasteiger partial charge in [-0.25, -0.2) is 9.97 Å². The lowest BCUT2D eigenvalue weighted by molar-refractivity contribution is 0.661. The van der Waals surface area contributed by atoms with Crippen LogP contribution in [0.2, 0.25) is 0 Å². The van der Waals surface area contributed by atoms with Gasteiger partial charge in [-0.2, -0.15) is 0 Å². The zero-order valence-electron chi connectivity index (χ0n) is 36.8. The molecule has 0 bridgehead atoms. The van der Waals surface area contributed by atoms with E-state index >= 15 is 0 Å². The van der Waals surface area contributed by atoms with Crippen molar-refractivity contribution >= 4 is 21.5 Å². The number of hydrogen-bond donors (Lipinski definition) is 0. The van der Waals surface area contributed by atoms with E-state index < -0.39 is 5.41 Å². The molecule has 2 nitrogen and oxygen atoms in total. The molecule has 0 saturated heterocycles. The maximum Gasteiger partial charge on any atom is 0.161 e. The SMILES string of the molecule is CC1(C)c2cc(-c3ccc(-c4nc(-c5ccccc5)cc(-c5ccc6c(c5)C(c5ccccc5)(c5ccccc5)c5ccccc5-6)n4)c4ccccc34)ccc2-c2cc3ccccc3cc21. The number of rotatable bonds is 6. The lowest BCUT2D eigenvalue weighted by Crippen LogP contribution is -2.28. The van der Waals surface area contributed by atoms with Crippen LogP contribution in [0.15, 0.2) is 231 Å². The van der Waals surface area contributed by atoms with Gasteiger partial charge in [-0.15, -0.1) is 0 Å². The first kappa shape index (κ1) is 38.3. The highest BCUT2D eigenvalue weighted by Gasteiger charge is 2.46. The van der Waals surface area contributed by atoms with Crippen LogP contribution in [0.25, 0.3) is 88.8 Å². The van der Waals surface area contributed by atoms with Crippen LogP contribution >= 0.6 is 0 Å². The van der Waals surface area contributed by atoms with E-state index in [0.717, 1.165) is 33.5 Å². The van der Waals surface area contributed by atoms with Crippen molar-refractivity contribution in [2.24, 2.45) is 0 Å². The van der Waals surface area contributed by atoms with Crippen LogP contribution in [0.4, 0.5) is 0 Å². The zero-order chi connectivity index (χ0) is 44.0. The Hall–Kier alpha value is -8.20. The molecule has 13 rings (SSSR count). The maximum absolute atomic E-state index is 5.52. The van der Waals surface area contributed by atoms with Crippen LogP contribution in [-0.2, 0) is 10.8 Å². The van der Waals surface area contributed by atoms with E-state index in [-0.39, 0.29) is 5.41 Å². The van der Waals surface area contributed by atoms with Gasteiger partial charge in [0.05, 0.1) is 16.8 Å². The molecule has 0 radical (unpaired) electrons. The molecule has 1 aromatic heterocycles. The first-order valence-corrected chi connectivity index (χ1v) is 23.0. The summed E-state index contributed by atoms with van der Waals surface area (Å²) in [6.45, 7) is 4.74. The molecule has 2 heteroatoms. The largest absolute Gasteiger partial charge is 0.228 e. The molecule has 0 saturated carbocycles. The minimum absolute atomic E-state index is 0.134. The second kappa shape index (κ2) is 14.7. The van der Waals surface area contributed by atoms with Crippen LogP contribution in [0.3, 0.4) is 0 Å². The highest BCUT2D eigenvalue weighted by molar-refractivity contribution is 6.05. The summed E-state index contributed by atoms with van der Waals surface area (Å²) in [6, 6.07) is 84.4. The molecule has 10 aromatic carbocycles. The van der Waals surface area contributed by atoms with E-state index in [4.69, 9.17) is 9.97 Å². The van der Waals surface area contributed by atoms with Gasteiger partial charge in [-0.1, -0.05) is 208 Å². The van der Waals surface area contributed by atoms with Gasteiger partial charge in [0.15, 0.2) is 5.82 Å². The Kier molecular flexibility index (Phi) is 8.51. The Balaban J connectivity index is 0.980. The van der Waals surface area contributed by atoms with Gasteiger partial charge in [-0.3, -0.25) is 0 Å². The Morgan fingerprint density at radius 3 is 1.50 bits per heavy atom. The molecule has 310 valence electrons. The van der Waals surface area contributed by atoms with Crippen LogP contribution in [0, 0.1) is 0 Å². The first-order chi connectivity index (χ1) is 32.5. The van der Waals surface area contributed by atoms with E-state index in [1.807, 2.05) is 0 Å². The van der Waals surface area contributed by atoms with Gasteiger partial charge in [0, 0.05) is 22.1 Å². The third-order valence-electron chi connectivity index (χ3n) is 14.6. The fourth-order valence-corrected chi connectivity index (χ4v) is 11.4. The molecule has 1 heterocycles. The van der Waals surface area contributed by atoms with Crippen LogP contribution in [0.5, 0.6) is 0 Å². The Bertz CT molecular complexity index is 3680.